The van der Waals surface area contributed by atoms with Gasteiger partial charge in [0.1, 0.15) is 5.60 Å². The molecule has 1 fully saturated rings. The van der Waals surface area contributed by atoms with Crippen LogP contribution in [0.2, 0.25) is 0 Å². The molecule has 1 heterocycles. The van der Waals surface area contributed by atoms with E-state index in [-0.39, 0.29) is 13.0 Å². The molecule has 8 heteroatoms. The van der Waals surface area contributed by atoms with Crippen LogP contribution in [0.3, 0.4) is 0 Å². The number of amides is 2. The molecule has 1 N–H and O–H groups in total. The standard InChI is InChI=1S/C17H21F3N2O3/c1-16(2,3)25-15(24)21-12-9-13(11-7-5-4-6-8-11)22(10-12)14(23)17(18,19)20/h4-8,12-13H,9-10H2,1-3H3,(H,21,24)/t12-,13-/m1/s1. The van der Waals surface area contributed by atoms with E-state index >= 15 is 0 Å². The summed E-state index contributed by atoms with van der Waals surface area (Å²) in [7, 11) is 0. The van der Waals surface area contributed by atoms with Crippen molar-refractivity contribution in [2.75, 3.05) is 6.54 Å². The lowest BCUT2D eigenvalue weighted by atomic mass is 10.0. The van der Waals surface area contributed by atoms with Crippen molar-refractivity contribution < 1.29 is 27.5 Å². The molecule has 2 amide bonds. The zero-order valence-electron chi connectivity index (χ0n) is 14.3. The Morgan fingerprint density at radius 3 is 2.28 bits per heavy atom. The lowest BCUT2D eigenvalue weighted by Crippen LogP contribution is -2.44. The molecule has 1 aromatic carbocycles. The number of nitrogens with zero attached hydrogens (tertiary/aromatic N) is 1. The fourth-order valence-electron chi connectivity index (χ4n) is 2.79. The number of carbonyl (C=O) groups excluding carboxylic acids is 2. The maximum atomic E-state index is 12.9. The first-order valence-electron chi connectivity index (χ1n) is 7.89. The van der Waals surface area contributed by atoms with E-state index in [4.69, 9.17) is 4.74 Å². The van der Waals surface area contributed by atoms with Gasteiger partial charge in [-0.05, 0) is 32.8 Å². The first-order chi connectivity index (χ1) is 11.5. The molecule has 0 aromatic heterocycles. The third-order valence-electron chi connectivity index (χ3n) is 3.71. The number of carbonyl (C=O) groups is 2. The van der Waals surface area contributed by atoms with E-state index in [1.165, 1.54) is 0 Å². The molecular formula is C17H21F3N2O3. The third-order valence-corrected chi connectivity index (χ3v) is 3.71. The number of rotatable bonds is 2. The van der Waals surface area contributed by atoms with Gasteiger partial charge in [0.15, 0.2) is 0 Å². The van der Waals surface area contributed by atoms with Crippen LogP contribution in [0.1, 0.15) is 38.8 Å². The van der Waals surface area contributed by atoms with Crippen LogP contribution in [-0.4, -0.2) is 41.3 Å². The van der Waals surface area contributed by atoms with Crippen molar-refractivity contribution >= 4 is 12.0 Å². The van der Waals surface area contributed by atoms with Gasteiger partial charge >= 0.3 is 18.2 Å². The van der Waals surface area contributed by atoms with Gasteiger partial charge < -0.3 is 15.0 Å². The fourth-order valence-corrected chi connectivity index (χ4v) is 2.79. The molecule has 0 saturated carbocycles. The van der Waals surface area contributed by atoms with Crippen molar-refractivity contribution in [2.24, 2.45) is 0 Å². The molecule has 2 rings (SSSR count). The molecular weight excluding hydrogens is 337 g/mol. The maximum Gasteiger partial charge on any atom is 0.471 e. The zero-order chi connectivity index (χ0) is 18.8. The number of hydrogen-bond donors (Lipinski definition) is 1. The number of alkyl carbamates (subject to hydrolysis) is 1. The summed E-state index contributed by atoms with van der Waals surface area (Å²) in [5, 5.41) is 2.55. The van der Waals surface area contributed by atoms with E-state index in [0.29, 0.717) is 5.56 Å². The minimum atomic E-state index is -4.96. The summed E-state index contributed by atoms with van der Waals surface area (Å²) in [4.78, 5) is 24.4. The summed E-state index contributed by atoms with van der Waals surface area (Å²) in [6.07, 6.45) is -5.50. The highest BCUT2D eigenvalue weighted by Gasteiger charge is 2.48. The Morgan fingerprint density at radius 2 is 1.76 bits per heavy atom. The molecule has 138 valence electrons. The Hall–Kier alpha value is -2.25. The molecule has 25 heavy (non-hydrogen) atoms. The highest BCUT2D eigenvalue weighted by atomic mass is 19.4. The van der Waals surface area contributed by atoms with Crippen molar-refractivity contribution in [1.29, 1.82) is 0 Å². The van der Waals surface area contributed by atoms with Gasteiger partial charge in [-0.1, -0.05) is 30.3 Å². The van der Waals surface area contributed by atoms with E-state index in [1.807, 2.05) is 0 Å². The van der Waals surface area contributed by atoms with Gasteiger partial charge in [-0.15, -0.1) is 0 Å². The van der Waals surface area contributed by atoms with Crippen LogP contribution in [0.15, 0.2) is 30.3 Å². The molecule has 0 bridgehead atoms. The van der Waals surface area contributed by atoms with Crippen LogP contribution in [0, 0.1) is 0 Å². The fraction of sp³-hybridized carbons (Fsp3) is 0.529. The third kappa shape index (κ3) is 5.11. The first kappa shape index (κ1) is 19.1. The van der Waals surface area contributed by atoms with E-state index < -0.39 is 35.9 Å². The van der Waals surface area contributed by atoms with E-state index in [9.17, 15) is 22.8 Å². The second kappa shape index (κ2) is 6.93. The van der Waals surface area contributed by atoms with Gasteiger partial charge in [-0.3, -0.25) is 4.79 Å². The predicted octanol–water partition coefficient (Wildman–Crippen LogP) is 3.42. The number of hydrogen-bond acceptors (Lipinski definition) is 3. The van der Waals surface area contributed by atoms with Gasteiger partial charge in [-0.25, -0.2) is 4.79 Å². The van der Waals surface area contributed by atoms with Crippen LogP contribution in [0.5, 0.6) is 0 Å². The average molecular weight is 358 g/mol. The van der Waals surface area contributed by atoms with Gasteiger partial charge in [-0.2, -0.15) is 13.2 Å². The second-order valence-electron chi connectivity index (χ2n) is 6.96. The number of benzene rings is 1. The zero-order valence-corrected chi connectivity index (χ0v) is 14.3. The van der Waals surface area contributed by atoms with Gasteiger partial charge in [0.2, 0.25) is 0 Å². The number of ether oxygens (including phenoxy) is 1. The predicted molar refractivity (Wildman–Crippen MR) is 84.7 cm³/mol. The van der Waals surface area contributed by atoms with E-state index in [0.717, 1.165) is 4.90 Å². The van der Waals surface area contributed by atoms with Crippen molar-refractivity contribution in [1.82, 2.24) is 10.2 Å². The van der Waals surface area contributed by atoms with Crippen molar-refractivity contribution in [2.45, 2.75) is 51.1 Å². The van der Waals surface area contributed by atoms with Gasteiger partial charge in [0, 0.05) is 6.54 Å². The second-order valence-corrected chi connectivity index (χ2v) is 6.96. The smallest absolute Gasteiger partial charge is 0.444 e. The molecule has 5 nitrogen and oxygen atoms in total. The Balaban J connectivity index is 2.16. The quantitative estimate of drug-likeness (QED) is 0.881. The van der Waals surface area contributed by atoms with Crippen molar-refractivity contribution in [3.05, 3.63) is 35.9 Å². The molecule has 0 unspecified atom stereocenters. The normalized spacial score (nSPS) is 21.1. The van der Waals surface area contributed by atoms with Crippen LogP contribution >= 0.6 is 0 Å². The molecule has 1 saturated heterocycles. The average Bonchev–Trinajstić information content (AvgIpc) is 2.87. The number of nitrogens with one attached hydrogen (secondary N) is 1. The summed E-state index contributed by atoms with van der Waals surface area (Å²) < 4.78 is 43.8. The lowest BCUT2D eigenvalue weighted by molar-refractivity contribution is -0.186. The SMILES string of the molecule is CC(C)(C)OC(=O)N[C@@H]1C[C@H](c2ccccc2)N(C(=O)C(F)(F)F)C1. The maximum absolute atomic E-state index is 12.9. The van der Waals surface area contributed by atoms with Crippen LogP contribution in [0.25, 0.3) is 0 Å². The Kier molecular flexibility index (Phi) is 5.29. The monoisotopic (exact) mass is 358 g/mol. The molecule has 0 radical (unpaired) electrons. The lowest BCUT2D eigenvalue weighted by Gasteiger charge is -2.25. The van der Waals surface area contributed by atoms with Gasteiger partial charge in [0.05, 0.1) is 12.1 Å². The highest BCUT2D eigenvalue weighted by molar-refractivity contribution is 5.83. The topological polar surface area (TPSA) is 58.6 Å². The summed E-state index contributed by atoms with van der Waals surface area (Å²) >= 11 is 0. The molecule has 1 aromatic rings. The summed E-state index contributed by atoms with van der Waals surface area (Å²) in [6, 6.07) is 7.08. The number of alkyl halides is 3. The molecule has 2 atom stereocenters. The molecule has 1 aliphatic rings. The number of likely N-dealkylation sites (tertiary alicyclic amines) is 1. The first-order valence-corrected chi connectivity index (χ1v) is 7.89. The van der Waals surface area contributed by atoms with Crippen LogP contribution in [0.4, 0.5) is 18.0 Å². The summed E-state index contributed by atoms with van der Waals surface area (Å²) in [5.74, 6) is -1.91. The largest absolute Gasteiger partial charge is 0.471 e. The van der Waals surface area contributed by atoms with Crippen LogP contribution < -0.4 is 5.32 Å². The van der Waals surface area contributed by atoms with E-state index in [2.05, 4.69) is 5.32 Å². The Bertz CT molecular complexity index is 626. The minimum absolute atomic E-state index is 0.186. The Labute approximate surface area is 144 Å². The van der Waals surface area contributed by atoms with Gasteiger partial charge in [0.25, 0.3) is 0 Å². The van der Waals surface area contributed by atoms with Crippen molar-refractivity contribution in [3.8, 4) is 0 Å². The highest BCUT2D eigenvalue weighted by Crippen LogP contribution is 2.35. The van der Waals surface area contributed by atoms with E-state index in [1.54, 1.807) is 51.1 Å². The minimum Gasteiger partial charge on any atom is -0.444 e. The molecule has 0 aliphatic carbocycles. The molecule has 1 aliphatic heterocycles. The summed E-state index contributed by atoms with van der Waals surface area (Å²) in [6.45, 7) is 4.84. The van der Waals surface area contributed by atoms with Crippen LogP contribution in [-0.2, 0) is 9.53 Å². The summed E-state index contributed by atoms with van der Waals surface area (Å²) in [5.41, 5.74) is -0.128. The van der Waals surface area contributed by atoms with Crippen molar-refractivity contribution in [3.63, 3.8) is 0 Å². The number of halogens is 3. The Morgan fingerprint density at radius 1 is 1.16 bits per heavy atom. The molecule has 0 spiro atoms.